The zero-order chi connectivity index (χ0) is 22.1. The van der Waals surface area contributed by atoms with E-state index in [1.54, 1.807) is 0 Å². The highest BCUT2D eigenvalue weighted by Gasteiger charge is 2.28. The molecular formula is C26H37IN4O. The molecule has 0 saturated carbocycles. The number of hydrogen-bond acceptors (Lipinski definition) is 2. The number of amides is 1. The minimum Gasteiger partial charge on any atom is -0.356 e. The Morgan fingerprint density at radius 1 is 1.00 bits per heavy atom. The molecule has 174 valence electrons. The SMILES string of the molecule is CCC(CC)(CNC(=NC)NCc1ccc(CN2CCCC2=O)cc1)c1ccccc1.I. The first kappa shape index (κ1) is 26.2. The van der Waals surface area contributed by atoms with Gasteiger partial charge in [-0.15, -0.1) is 24.0 Å². The van der Waals surface area contributed by atoms with Crippen LogP contribution in [0.25, 0.3) is 0 Å². The van der Waals surface area contributed by atoms with Gasteiger partial charge in [-0.3, -0.25) is 9.79 Å². The Labute approximate surface area is 210 Å². The summed E-state index contributed by atoms with van der Waals surface area (Å²) in [6.07, 6.45) is 3.81. The monoisotopic (exact) mass is 548 g/mol. The lowest BCUT2D eigenvalue weighted by Gasteiger charge is -2.33. The lowest BCUT2D eigenvalue weighted by Crippen LogP contribution is -2.45. The van der Waals surface area contributed by atoms with E-state index in [9.17, 15) is 4.79 Å². The number of guanidine groups is 1. The maximum atomic E-state index is 11.8. The molecule has 1 amide bonds. The van der Waals surface area contributed by atoms with Crippen LogP contribution in [-0.2, 0) is 23.3 Å². The highest BCUT2D eigenvalue weighted by molar-refractivity contribution is 14.0. The van der Waals surface area contributed by atoms with E-state index < -0.39 is 0 Å². The van der Waals surface area contributed by atoms with Crippen LogP contribution in [0.2, 0.25) is 0 Å². The second-order valence-electron chi connectivity index (χ2n) is 8.37. The zero-order valence-corrected chi connectivity index (χ0v) is 21.9. The smallest absolute Gasteiger partial charge is 0.222 e. The van der Waals surface area contributed by atoms with Gasteiger partial charge in [-0.1, -0.05) is 68.4 Å². The first-order chi connectivity index (χ1) is 15.1. The average Bonchev–Trinajstić information content (AvgIpc) is 3.22. The molecule has 2 aromatic carbocycles. The summed E-state index contributed by atoms with van der Waals surface area (Å²) in [7, 11) is 1.81. The molecule has 3 rings (SSSR count). The average molecular weight is 549 g/mol. The van der Waals surface area contributed by atoms with E-state index in [-0.39, 0.29) is 35.3 Å². The zero-order valence-electron chi connectivity index (χ0n) is 19.6. The second-order valence-corrected chi connectivity index (χ2v) is 8.37. The maximum Gasteiger partial charge on any atom is 0.222 e. The molecule has 5 nitrogen and oxygen atoms in total. The maximum absolute atomic E-state index is 11.8. The van der Waals surface area contributed by atoms with E-state index >= 15 is 0 Å². The van der Waals surface area contributed by atoms with Crippen LogP contribution >= 0.6 is 24.0 Å². The number of likely N-dealkylation sites (tertiary alicyclic amines) is 1. The number of halogens is 1. The fourth-order valence-electron chi connectivity index (χ4n) is 4.32. The van der Waals surface area contributed by atoms with Crippen LogP contribution < -0.4 is 10.6 Å². The molecule has 0 spiro atoms. The van der Waals surface area contributed by atoms with Crippen LogP contribution in [0.4, 0.5) is 0 Å². The summed E-state index contributed by atoms with van der Waals surface area (Å²) in [5, 5.41) is 6.97. The number of hydrogen-bond donors (Lipinski definition) is 2. The molecular weight excluding hydrogens is 511 g/mol. The van der Waals surface area contributed by atoms with Gasteiger partial charge in [0.1, 0.15) is 0 Å². The molecule has 32 heavy (non-hydrogen) atoms. The number of nitrogens with one attached hydrogen (secondary N) is 2. The van der Waals surface area contributed by atoms with Crippen LogP contribution in [0.3, 0.4) is 0 Å². The highest BCUT2D eigenvalue weighted by atomic mass is 127. The van der Waals surface area contributed by atoms with Gasteiger partial charge in [-0.2, -0.15) is 0 Å². The van der Waals surface area contributed by atoms with Crippen molar-refractivity contribution >= 4 is 35.8 Å². The van der Waals surface area contributed by atoms with Gasteiger partial charge < -0.3 is 15.5 Å². The minimum absolute atomic E-state index is 0. The predicted octanol–water partition coefficient (Wildman–Crippen LogP) is 4.85. The topological polar surface area (TPSA) is 56.7 Å². The van der Waals surface area contributed by atoms with Crippen LogP contribution in [0.5, 0.6) is 0 Å². The van der Waals surface area contributed by atoms with E-state index in [0.29, 0.717) is 19.5 Å². The number of benzene rings is 2. The Bertz CT molecular complexity index is 863. The Morgan fingerprint density at radius 2 is 1.66 bits per heavy atom. The van der Waals surface area contributed by atoms with Crippen LogP contribution in [0.15, 0.2) is 59.6 Å². The molecule has 2 N–H and O–H groups in total. The lowest BCUT2D eigenvalue weighted by molar-refractivity contribution is -0.128. The van der Waals surface area contributed by atoms with Gasteiger partial charge in [0.05, 0.1) is 0 Å². The summed E-state index contributed by atoms with van der Waals surface area (Å²) < 4.78 is 0. The summed E-state index contributed by atoms with van der Waals surface area (Å²) in [6.45, 7) is 7.65. The van der Waals surface area contributed by atoms with Gasteiger partial charge in [0, 0.05) is 45.1 Å². The summed E-state index contributed by atoms with van der Waals surface area (Å²) in [6, 6.07) is 19.2. The first-order valence-electron chi connectivity index (χ1n) is 11.5. The van der Waals surface area contributed by atoms with Gasteiger partial charge in [0.2, 0.25) is 5.91 Å². The standard InChI is InChI=1S/C26H36N4O.HI/c1-4-26(5-2,23-10-7-6-8-11-23)20-29-25(27-3)28-18-21-13-15-22(16-14-21)19-30-17-9-12-24(30)31;/h6-8,10-11,13-16H,4-5,9,12,17-20H2,1-3H3,(H2,27,28,29);1H. The third-order valence-electron chi connectivity index (χ3n) is 6.59. The molecule has 0 unspecified atom stereocenters. The third kappa shape index (κ3) is 6.70. The molecule has 1 aliphatic rings. The highest BCUT2D eigenvalue weighted by Crippen LogP contribution is 2.30. The number of nitrogens with zero attached hydrogens (tertiary/aromatic N) is 2. The fourth-order valence-corrected chi connectivity index (χ4v) is 4.32. The van der Waals surface area contributed by atoms with E-state index in [1.807, 2.05) is 11.9 Å². The quantitative estimate of drug-likeness (QED) is 0.268. The predicted molar refractivity (Wildman–Crippen MR) is 143 cm³/mol. The lowest BCUT2D eigenvalue weighted by atomic mass is 9.76. The molecule has 1 aliphatic heterocycles. The fraction of sp³-hybridized carbons (Fsp3) is 0.462. The van der Waals surface area contributed by atoms with Crippen molar-refractivity contribution in [1.82, 2.24) is 15.5 Å². The number of carbonyl (C=O) groups is 1. The summed E-state index contributed by atoms with van der Waals surface area (Å²) in [5.41, 5.74) is 3.84. The molecule has 6 heteroatoms. The molecule has 2 aromatic rings. The van der Waals surface area contributed by atoms with Crippen LogP contribution in [-0.4, -0.2) is 36.9 Å². The largest absolute Gasteiger partial charge is 0.356 e. The third-order valence-corrected chi connectivity index (χ3v) is 6.59. The molecule has 1 heterocycles. The van der Waals surface area contributed by atoms with Gasteiger partial charge >= 0.3 is 0 Å². The number of aliphatic imine (C=N–C) groups is 1. The summed E-state index contributed by atoms with van der Waals surface area (Å²) in [4.78, 5) is 18.2. The van der Waals surface area contributed by atoms with E-state index in [4.69, 9.17) is 0 Å². The first-order valence-corrected chi connectivity index (χ1v) is 11.5. The summed E-state index contributed by atoms with van der Waals surface area (Å²) >= 11 is 0. The van der Waals surface area contributed by atoms with Crippen LogP contribution in [0, 0.1) is 0 Å². The van der Waals surface area contributed by atoms with Crippen molar-refractivity contribution in [3.8, 4) is 0 Å². The molecule has 0 atom stereocenters. The number of rotatable bonds is 9. The molecule has 0 aromatic heterocycles. The molecule has 1 fully saturated rings. The van der Waals surface area contributed by atoms with E-state index in [0.717, 1.165) is 38.3 Å². The minimum atomic E-state index is 0. The Hall–Kier alpha value is -2.09. The van der Waals surface area contributed by atoms with Crippen molar-refractivity contribution in [3.63, 3.8) is 0 Å². The number of carbonyl (C=O) groups excluding carboxylic acids is 1. The van der Waals surface area contributed by atoms with Crippen molar-refractivity contribution in [2.45, 2.75) is 58.0 Å². The molecule has 0 aliphatic carbocycles. The van der Waals surface area contributed by atoms with Crippen molar-refractivity contribution in [2.75, 3.05) is 20.1 Å². The van der Waals surface area contributed by atoms with E-state index in [2.05, 4.69) is 84.1 Å². The Balaban J connectivity index is 0.00000363. The van der Waals surface area contributed by atoms with E-state index in [1.165, 1.54) is 16.7 Å². The second kappa shape index (κ2) is 12.8. The van der Waals surface area contributed by atoms with Crippen molar-refractivity contribution in [3.05, 3.63) is 71.3 Å². The molecule has 1 saturated heterocycles. The van der Waals surface area contributed by atoms with Gasteiger partial charge in [0.15, 0.2) is 5.96 Å². The van der Waals surface area contributed by atoms with Gasteiger partial charge in [-0.05, 0) is 36.0 Å². The van der Waals surface area contributed by atoms with Crippen molar-refractivity contribution in [2.24, 2.45) is 4.99 Å². The Morgan fingerprint density at radius 3 is 2.22 bits per heavy atom. The summed E-state index contributed by atoms with van der Waals surface area (Å²) in [5.74, 6) is 1.08. The Kier molecular flexibility index (Phi) is 10.5. The normalized spacial score (nSPS) is 14.3. The molecule has 0 radical (unpaired) electrons. The molecule has 0 bridgehead atoms. The van der Waals surface area contributed by atoms with Gasteiger partial charge in [0.25, 0.3) is 0 Å². The van der Waals surface area contributed by atoms with Crippen molar-refractivity contribution in [1.29, 1.82) is 0 Å². The van der Waals surface area contributed by atoms with Gasteiger partial charge in [-0.25, -0.2) is 0 Å². The van der Waals surface area contributed by atoms with Crippen LogP contribution in [0.1, 0.15) is 56.2 Å². The van der Waals surface area contributed by atoms with Crippen molar-refractivity contribution < 1.29 is 4.79 Å².